The molecule has 4 aromatic rings. The standard InChI is InChI=1S/C13H10Cl2N8/c14-10-8-12(18-4-16-10)22(6-20-8)2-1-3-23-7-21-9-11(15)17-5-19-13(9)23/h4-7H,1-3H2. The summed E-state index contributed by atoms with van der Waals surface area (Å²) in [5.74, 6) is 0. The van der Waals surface area contributed by atoms with Crippen LogP contribution in [-0.2, 0) is 13.1 Å². The van der Waals surface area contributed by atoms with E-state index in [-0.39, 0.29) is 0 Å². The highest BCUT2D eigenvalue weighted by molar-refractivity contribution is 6.33. The first kappa shape index (κ1) is 14.3. The van der Waals surface area contributed by atoms with Crippen molar-refractivity contribution in [3.63, 3.8) is 0 Å². The molecule has 4 aromatic heterocycles. The molecule has 8 nitrogen and oxygen atoms in total. The number of imidazole rings is 2. The summed E-state index contributed by atoms with van der Waals surface area (Å²) >= 11 is 12.0. The lowest BCUT2D eigenvalue weighted by Gasteiger charge is -2.05. The van der Waals surface area contributed by atoms with Crippen LogP contribution in [0.5, 0.6) is 0 Å². The number of halogens is 2. The number of aromatic nitrogens is 8. The zero-order valence-electron chi connectivity index (χ0n) is 11.8. The van der Waals surface area contributed by atoms with Crippen molar-refractivity contribution in [1.82, 2.24) is 39.0 Å². The maximum absolute atomic E-state index is 6.00. The second kappa shape index (κ2) is 5.71. The topological polar surface area (TPSA) is 87.2 Å². The van der Waals surface area contributed by atoms with Gasteiger partial charge in [0.15, 0.2) is 21.6 Å². The molecule has 0 saturated heterocycles. The number of fused-ring (bicyclic) bond motifs is 2. The van der Waals surface area contributed by atoms with Crippen molar-refractivity contribution in [1.29, 1.82) is 0 Å². The van der Waals surface area contributed by atoms with Crippen molar-refractivity contribution in [2.75, 3.05) is 0 Å². The number of rotatable bonds is 4. The summed E-state index contributed by atoms with van der Waals surface area (Å²) in [4.78, 5) is 24.8. The Morgan fingerprint density at radius 3 is 1.65 bits per heavy atom. The number of aryl methyl sites for hydroxylation is 2. The van der Waals surface area contributed by atoms with Crippen molar-refractivity contribution >= 4 is 45.5 Å². The fraction of sp³-hybridized carbons (Fsp3) is 0.231. The van der Waals surface area contributed by atoms with Gasteiger partial charge in [0.2, 0.25) is 0 Å². The van der Waals surface area contributed by atoms with Gasteiger partial charge in [-0.15, -0.1) is 0 Å². The molecule has 0 saturated carbocycles. The lowest BCUT2D eigenvalue weighted by molar-refractivity contribution is 0.575. The van der Waals surface area contributed by atoms with E-state index in [4.69, 9.17) is 23.2 Å². The molecule has 0 aliphatic carbocycles. The Kier molecular flexibility index (Phi) is 3.55. The molecule has 0 bridgehead atoms. The molecule has 0 fully saturated rings. The first-order valence-electron chi connectivity index (χ1n) is 6.86. The van der Waals surface area contributed by atoms with Gasteiger partial charge in [-0.2, -0.15) is 0 Å². The summed E-state index contributed by atoms with van der Waals surface area (Å²) in [6.07, 6.45) is 7.16. The molecule has 23 heavy (non-hydrogen) atoms. The van der Waals surface area contributed by atoms with Crippen LogP contribution in [0.4, 0.5) is 0 Å². The Hall–Kier alpha value is -2.32. The number of hydrogen-bond donors (Lipinski definition) is 0. The van der Waals surface area contributed by atoms with Crippen molar-refractivity contribution in [3.8, 4) is 0 Å². The van der Waals surface area contributed by atoms with E-state index in [9.17, 15) is 0 Å². The van der Waals surface area contributed by atoms with Gasteiger partial charge in [0.1, 0.15) is 23.7 Å². The highest BCUT2D eigenvalue weighted by atomic mass is 35.5. The molecule has 4 heterocycles. The van der Waals surface area contributed by atoms with Gasteiger partial charge in [0, 0.05) is 13.1 Å². The normalized spacial score (nSPS) is 11.6. The molecule has 0 aromatic carbocycles. The Morgan fingerprint density at radius 2 is 1.17 bits per heavy atom. The molecule has 0 atom stereocenters. The molecular formula is C13H10Cl2N8. The third kappa shape index (κ3) is 2.49. The second-order valence-electron chi connectivity index (χ2n) is 4.90. The van der Waals surface area contributed by atoms with Crippen LogP contribution in [0.15, 0.2) is 25.3 Å². The summed E-state index contributed by atoms with van der Waals surface area (Å²) in [5, 5.41) is 0.724. The van der Waals surface area contributed by atoms with E-state index >= 15 is 0 Å². The average Bonchev–Trinajstić information content (AvgIpc) is 3.14. The Balaban J connectivity index is 1.53. The predicted molar refractivity (Wildman–Crippen MR) is 85.3 cm³/mol. The van der Waals surface area contributed by atoms with Crippen LogP contribution >= 0.6 is 23.2 Å². The Morgan fingerprint density at radius 1 is 0.696 bits per heavy atom. The highest BCUT2D eigenvalue weighted by Gasteiger charge is 2.10. The van der Waals surface area contributed by atoms with Gasteiger partial charge in [-0.05, 0) is 6.42 Å². The van der Waals surface area contributed by atoms with Crippen molar-refractivity contribution in [2.24, 2.45) is 0 Å². The third-order valence-corrected chi connectivity index (χ3v) is 4.06. The molecule has 0 amide bonds. The minimum absolute atomic E-state index is 0.362. The van der Waals surface area contributed by atoms with Crippen LogP contribution in [0, 0.1) is 0 Å². The van der Waals surface area contributed by atoms with E-state index in [1.165, 1.54) is 12.7 Å². The summed E-state index contributed by atoms with van der Waals surface area (Å²) in [6.45, 7) is 1.48. The highest BCUT2D eigenvalue weighted by Crippen LogP contribution is 2.19. The van der Waals surface area contributed by atoms with Gasteiger partial charge in [-0.1, -0.05) is 23.2 Å². The van der Waals surface area contributed by atoms with E-state index < -0.39 is 0 Å². The van der Waals surface area contributed by atoms with E-state index in [0.29, 0.717) is 21.3 Å². The summed E-state index contributed by atoms with van der Waals surface area (Å²) in [6, 6.07) is 0. The first-order valence-corrected chi connectivity index (χ1v) is 7.62. The summed E-state index contributed by atoms with van der Waals surface area (Å²) < 4.78 is 3.90. The van der Waals surface area contributed by atoms with E-state index in [1.807, 2.05) is 9.13 Å². The van der Waals surface area contributed by atoms with Crippen LogP contribution in [0.25, 0.3) is 22.3 Å². The van der Waals surface area contributed by atoms with Crippen molar-refractivity contribution < 1.29 is 0 Å². The van der Waals surface area contributed by atoms with Crippen LogP contribution in [0.1, 0.15) is 6.42 Å². The molecule has 0 radical (unpaired) electrons. The molecule has 0 N–H and O–H groups in total. The third-order valence-electron chi connectivity index (χ3n) is 3.51. The maximum atomic E-state index is 6.00. The van der Waals surface area contributed by atoms with Crippen molar-refractivity contribution in [3.05, 3.63) is 35.6 Å². The van der Waals surface area contributed by atoms with Gasteiger partial charge in [-0.25, -0.2) is 29.9 Å². The largest absolute Gasteiger partial charge is 0.315 e. The van der Waals surface area contributed by atoms with Crippen LogP contribution < -0.4 is 0 Å². The SMILES string of the molecule is Clc1ncnc2c1ncn2CCCn1cnc2c(Cl)ncnc21. The van der Waals surface area contributed by atoms with Crippen LogP contribution in [-0.4, -0.2) is 39.0 Å². The fourth-order valence-electron chi connectivity index (χ4n) is 2.44. The van der Waals surface area contributed by atoms with Crippen LogP contribution in [0.2, 0.25) is 10.3 Å². The zero-order chi connectivity index (χ0) is 15.8. The average molecular weight is 349 g/mol. The Labute approximate surface area is 140 Å². The van der Waals surface area contributed by atoms with Gasteiger partial charge in [0.25, 0.3) is 0 Å². The minimum atomic E-state index is 0.362. The first-order chi connectivity index (χ1) is 11.2. The second-order valence-corrected chi connectivity index (χ2v) is 5.62. The predicted octanol–water partition coefficient (Wildman–Crippen LogP) is 2.36. The lowest BCUT2D eigenvalue weighted by Crippen LogP contribution is -2.04. The maximum Gasteiger partial charge on any atom is 0.164 e. The number of nitrogens with zero attached hydrogens (tertiary/aromatic N) is 8. The molecule has 0 unspecified atom stereocenters. The van der Waals surface area contributed by atoms with E-state index in [0.717, 1.165) is 30.8 Å². The van der Waals surface area contributed by atoms with Crippen LogP contribution in [0.3, 0.4) is 0 Å². The molecule has 4 rings (SSSR count). The van der Waals surface area contributed by atoms with Gasteiger partial charge in [-0.3, -0.25) is 0 Å². The van der Waals surface area contributed by atoms with Gasteiger partial charge < -0.3 is 9.13 Å². The fourth-order valence-corrected chi connectivity index (χ4v) is 2.80. The quantitative estimate of drug-likeness (QED) is 0.526. The summed E-state index contributed by atoms with van der Waals surface area (Å²) in [5.41, 5.74) is 2.68. The molecule has 0 aliphatic rings. The molecular weight excluding hydrogens is 339 g/mol. The molecule has 116 valence electrons. The molecule has 0 aliphatic heterocycles. The van der Waals surface area contributed by atoms with E-state index in [1.54, 1.807) is 12.7 Å². The minimum Gasteiger partial charge on any atom is -0.315 e. The summed E-state index contributed by atoms with van der Waals surface area (Å²) in [7, 11) is 0. The number of hydrogen-bond acceptors (Lipinski definition) is 6. The monoisotopic (exact) mass is 348 g/mol. The zero-order valence-corrected chi connectivity index (χ0v) is 13.3. The van der Waals surface area contributed by atoms with E-state index in [2.05, 4.69) is 29.9 Å². The van der Waals surface area contributed by atoms with Gasteiger partial charge >= 0.3 is 0 Å². The smallest absolute Gasteiger partial charge is 0.164 e. The Bertz CT molecular complexity index is 912. The van der Waals surface area contributed by atoms with Crippen molar-refractivity contribution in [2.45, 2.75) is 19.5 Å². The molecule has 10 heteroatoms. The lowest BCUT2D eigenvalue weighted by atomic mass is 10.4. The van der Waals surface area contributed by atoms with Gasteiger partial charge in [0.05, 0.1) is 12.7 Å². The molecule has 0 spiro atoms.